The van der Waals surface area contributed by atoms with Crippen LogP contribution in [-0.2, 0) is 4.74 Å². The van der Waals surface area contributed by atoms with Crippen molar-refractivity contribution in [2.24, 2.45) is 17.6 Å². The van der Waals surface area contributed by atoms with E-state index in [1.807, 2.05) is 0 Å². The van der Waals surface area contributed by atoms with Crippen molar-refractivity contribution in [2.45, 2.75) is 38.5 Å². The second kappa shape index (κ2) is 7.34. The molecule has 0 spiro atoms. The topological polar surface area (TPSA) is 38.5 Å². The largest absolute Gasteiger partial charge is 0.381 e. The van der Waals surface area contributed by atoms with Crippen LogP contribution < -0.4 is 5.73 Å². The first-order chi connectivity index (χ1) is 8.40. The third-order valence-corrected chi connectivity index (χ3v) is 4.43. The molecule has 2 N–H and O–H groups in total. The number of likely N-dealkylation sites (tertiary alicyclic amines) is 1. The van der Waals surface area contributed by atoms with E-state index in [0.717, 1.165) is 25.7 Å². The predicted octanol–water partition coefficient (Wildman–Crippen LogP) is 1.86. The lowest BCUT2D eigenvalue weighted by molar-refractivity contribution is 0.0401. The Morgan fingerprint density at radius 3 is 2.29 bits per heavy atom. The molecule has 17 heavy (non-hydrogen) atoms. The fourth-order valence-corrected chi connectivity index (χ4v) is 3.25. The fourth-order valence-electron chi connectivity index (χ4n) is 3.25. The maximum absolute atomic E-state index is 5.99. The zero-order valence-electron chi connectivity index (χ0n) is 11.1. The number of nitrogens with two attached hydrogens (primary N) is 1. The molecule has 0 bridgehead atoms. The van der Waals surface area contributed by atoms with Gasteiger partial charge in [-0.25, -0.2) is 0 Å². The van der Waals surface area contributed by atoms with Gasteiger partial charge in [0, 0.05) is 19.8 Å². The van der Waals surface area contributed by atoms with Crippen molar-refractivity contribution in [1.29, 1.82) is 0 Å². The Hall–Kier alpha value is -0.120. The minimum Gasteiger partial charge on any atom is -0.381 e. The Bertz CT molecular complexity index is 196. The molecule has 100 valence electrons. The zero-order chi connectivity index (χ0) is 11.9. The summed E-state index contributed by atoms with van der Waals surface area (Å²) in [6, 6.07) is 0. The summed E-state index contributed by atoms with van der Waals surface area (Å²) in [6.07, 6.45) is 8.03. The summed E-state index contributed by atoms with van der Waals surface area (Å²) in [7, 11) is 0. The van der Waals surface area contributed by atoms with Gasteiger partial charge in [0.1, 0.15) is 0 Å². The van der Waals surface area contributed by atoms with Gasteiger partial charge in [-0.15, -0.1) is 0 Å². The van der Waals surface area contributed by atoms with Gasteiger partial charge in [-0.1, -0.05) is 12.8 Å². The molecule has 0 aromatic heterocycles. The van der Waals surface area contributed by atoms with Gasteiger partial charge in [0.2, 0.25) is 0 Å². The Labute approximate surface area is 106 Å². The summed E-state index contributed by atoms with van der Waals surface area (Å²) in [5.41, 5.74) is 5.99. The minimum absolute atomic E-state index is 0.692. The highest BCUT2D eigenvalue weighted by Gasteiger charge is 2.25. The predicted molar refractivity (Wildman–Crippen MR) is 71.0 cm³/mol. The summed E-state index contributed by atoms with van der Waals surface area (Å²) >= 11 is 0. The molecule has 2 rings (SSSR count). The lowest BCUT2D eigenvalue weighted by Crippen LogP contribution is -2.39. The van der Waals surface area contributed by atoms with E-state index < -0.39 is 0 Å². The highest BCUT2D eigenvalue weighted by atomic mass is 16.5. The molecule has 0 radical (unpaired) electrons. The van der Waals surface area contributed by atoms with E-state index in [1.54, 1.807) is 0 Å². The van der Waals surface area contributed by atoms with E-state index in [-0.39, 0.29) is 0 Å². The van der Waals surface area contributed by atoms with E-state index in [0.29, 0.717) is 5.92 Å². The van der Waals surface area contributed by atoms with Crippen molar-refractivity contribution in [1.82, 2.24) is 4.90 Å². The second-order valence-electron chi connectivity index (χ2n) is 5.66. The molecule has 0 amide bonds. The molecule has 3 nitrogen and oxygen atoms in total. The van der Waals surface area contributed by atoms with Crippen molar-refractivity contribution >= 4 is 0 Å². The van der Waals surface area contributed by atoms with Crippen molar-refractivity contribution < 1.29 is 4.74 Å². The molecule has 0 aromatic carbocycles. The van der Waals surface area contributed by atoms with Crippen LogP contribution in [0.15, 0.2) is 0 Å². The average molecular weight is 240 g/mol. The van der Waals surface area contributed by atoms with Crippen LogP contribution in [-0.4, -0.2) is 44.3 Å². The Balaban J connectivity index is 1.80. The molecule has 2 saturated heterocycles. The Kier molecular flexibility index (Phi) is 5.75. The first-order valence-corrected chi connectivity index (χ1v) is 7.40. The fraction of sp³-hybridized carbons (Fsp3) is 1.00. The summed E-state index contributed by atoms with van der Waals surface area (Å²) < 4.78 is 5.45. The van der Waals surface area contributed by atoms with E-state index in [4.69, 9.17) is 10.5 Å². The smallest absolute Gasteiger partial charge is 0.0468 e. The van der Waals surface area contributed by atoms with Gasteiger partial charge in [0.15, 0.2) is 0 Å². The highest BCUT2D eigenvalue weighted by Crippen LogP contribution is 2.24. The molecule has 0 saturated carbocycles. The quantitative estimate of drug-likeness (QED) is 0.815. The van der Waals surface area contributed by atoms with Crippen LogP contribution in [0.1, 0.15) is 38.5 Å². The molecule has 1 unspecified atom stereocenters. The van der Waals surface area contributed by atoms with Crippen LogP contribution in [0.3, 0.4) is 0 Å². The van der Waals surface area contributed by atoms with Crippen molar-refractivity contribution in [3.8, 4) is 0 Å². The van der Waals surface area contributed by atoms with Gasteiger partial charge in [-0.2, -0.15) is 0 Å². The molecule has 2 heterocycles. The first-order valence-electron chi connectivity index (χ1n) is 7.40. The number of ether oxygens (including phenoxy) is 1. The molecule has 2 fully saturated rings. The first kappa shape index (κ1) is 13.3. The summed E-state index contributed by atoms with van der Waals surface area (Å²) in [6.45, 7) is 6.55. The van der Waals surface area contributed by atoms with Crippen LogP contribution in [0.25, 0.3) is 0 Å². The monoisotopic (exact) mass is 240 g/mol. The number of hydrogen-bond acceptors (Lipinski definition) is 3. The van der Waals surface area contributed by atoms with E-state index in [2.05, 4.69) is 4.90 Å². The lowest BCUT2D eigenvalue weighted by atomic mass is 9.85. The van der Waals surface area contributed by atoms with Crippen molar-refractivity contribution in [2.75, 3.05) is 39.4 Å². The molecular weight excluding hydrogens is 212 g/mol. The SMILES string of the molecule is NCC(CN1CCCCCC1)C1CCOCC1. The number of rotatable bonds is 4. The average Bonchev–Trinajstić information content (AvgIpc) is 2.65. The number of nitrogens with zero attached hydrogens (tertiary/aromatic N) is 1. The third kappa shape index (κ3) is 4.23. The molecule has 3 heteroatoms. The van der Waals surface area contributed by atoms with Crippen LogP contribution >= 0.6 is 0 Å². The normalized spacial score (nSPS) is 26.6. The standard InChI is InChI=1S/C14H28N2O/c15-11-14(13-5-9-17-10-6-13)12-16-7-3-1-2-4-8-16/h13-14H,1-12,15H2. The second-order valence-corrected chi connectivity index (χ2v) is 5.66. The molecule has 0 aromatic rings. The van der Waals surface area contributed by atoms with Crippen LogP contribution in [0.5, 0.6) is 0 Å². The maximum Gasteiger partial charge on any atom is 0.0468 e. The van der Waals surface area contributed by atoms with Crippen molar-refractivity contribution in [3.05, 3.63) is 0 Å². The summed E-state index contributed by atoms with van der Waals surface area (Å²) in [4.78, 5) is 2.65. The molecule has 1 atom stereocenters. The van der Waals surface area contributed by atoms with Gasteiger partial charge in [0.25, 0.3) is 0 Å². The molecular formula is C14H28N2O. The molecule has 2 aliphatic rings. The molecule has 0 aliphatic carbocycles. The maximum atomic E-state index is 5.99. The van der Waals surface area contributed by atoms with E-state index >= 15 is 0 Å². The zero-order valence-corrected chi connectivity index (χ0v) is 11.1. The van der Waals surface area contributed by atoms with Crippen LogP contribution in [0, 0.1) is 11.8 Å². The van der Waals surface area contributed by atoms with Crippen LogP contribution in [0.4, 0.5) is 0 Å². The van der Waals surface area contributed by atoms with Crippen molar-refractivity contribution in [3.63, 3.8) is 0 Å². The Morgan fingerprint density at radius 1 is 1.06 bits per heavy atom. The van der Waals surface area contributed by atoms with Crippen LogP contribution in [0.2, 0.25) is 0 Å². The van der Waals surface area contributed by atoms with Gasteiger partial charge >= 0.3 is 0 Å². The van der Waals surface area contributed by atoms with Gasteiger partial charge in [0.05, 0.1) is 0 Å². The Morgan fingerprint density at radius 2 is 1.71 bits per heavy atom. The van der Waals surface area contributed by atoms with Gasteiger partial charge < -0.3 is 15.4 Å². The van der Waals surface area contributed by atoms with E-state index in [9.17, 15) is 0 Å². The van der Waals surface area contributed by atoms with Gasteiger partial charge in [-0.3, -0.25) is 0 Å². The summed E-state index contributed by atoms with van der Waals surface area (Å²) in [5.74, 6) is 1.49. The molecule has 2 aliphatic heterocycles. The highest BCUT2D eigenvalue weighted by molar-refractivity contribution is 4.77. The van der Waals surface area contributed by atoms with Gasteiger partial charge in [-0.05, 0) is 57.2 Å². The number of hydrogen-bond donors (Lipinski definition) is 1. The third-order valence-electron chi connectivity index (χ3n) is 4.43. The minimum atomic E-state index is 0.692. The van der Waals surface area contributed by atoms with E-state index in [1.165, 1.54) is 58.2 Å². The lowest BCUT2D eigenvalue weighted by Gasteiger charge is -2.33. The summed E-state index contributed by atoms with van der Waals surface area (Å²) in [5, 5.41) is 0.